The van der Waals surface area contributed by atoms with Gasteiger partial charge in [0.15, 0.2) is 0 Å². The number of carbonyl (C=O) groups excluding carboxylic acids is 1. The zero-order valence-corrected chi connectivity index (χ0v) is 13.2. The third kappa shape index (κ3) is 3.83. The molecule has 0 aromatic carbocycles. The average Bonchev–Trinajstić information content (AvgIpc) is 2.95. The van der Waals surface area contributed by atoms with Crippen molar-refractivity contribution in [1.82, 2.24) is 19.4 Å². The highest BCUT2D eigenvalue weighted by atomic mass is 16.3. The van der Waals surface area contributed by atoms with Crippen molar-refractivity contribution in [1.29, 1.82) is 0 Å². The van der Waals surface area contributed by atoms with E-state index in [-0.39, 0.29) is 12.3 Å². The van der Waals surface area contributed by atoms with Crippen molar-refractivity contribution in [3.8, 4) is 0 Å². The standard InChI is InChI=1S/C15H26N4O2/c1-4-18-10-7-16-15(18)13(20)11-14(21)19-8-5-12(6-9-19)17(2)3/h7,10,12-13,20H,4-6,8-9,11H2,1-3H3/t13-/m0/s1. The zero-order valence-electron chi connectivity index (χ0n) is 13.2. The Hall–Kier alpha value is -1.40. The molecule has 0 unspecified atom stereocenters. The fraction of sp³-hybridized carbons (Fsp3) is 0.733. The monoisotopic (exact) mass is 294 g/mol. The summed E-state index contributed by atoms with van der Waals surface area (Å²) >= 11 is 0. The molecular weight excluding hydrogens is 268 g/mol. The molecule has 1 N–H and O–H groups in total. The van der Waals surface area contributed by atoms with Crippen molar-refractivity contribution >= 4 is 5.91 Å². The minimum absolute atomic E-state index is 0.0189. The summed E-state index contributed by atoms with van der Waals surface area (Å²) in [6, 6.07) is 0.554. The van der Waals surface area contributed by atoms with Crippen LogP contribution in [-0.4, -0.2) is 63.6 Å². The van der Waals surface area contributed by atoms with Gasteiger partial charge in [0.2, 0.25) is 5.91 Å². The van der Waals surface area contributed by atoms with Crippen LogP contribution in [0, 0.1) is 0 Å². The Morgan fingerprint density at radius 1 is 1.48 bits per heavy atom. The first kappa shape index (κ1) is 16.0. The molecule has 1 fully saturated rings. The van der Waals surface area contributed by atoms with Crippen LogP contribution in [0.5, 0.6) is 0 Å². The van der Waals surface area contributed by atoms with E-state index < -0.39 is 6.10 Å². The number of imidazole rings is 1. The summed E-state index contributed by atoms with van der Waals surface area (Å²) in [6.45, 7) is 4.29. The van der Waals surface area contributed by atoms with E-state index in [9.17, 15) is 9.90 Å². The van der Waals surface area contributed by atoms with E-state index in [0.29, 0.717) is 11.9 Å². The first-order valence-electron chi connectivity index (χ1n) is 7.66. The Labute approximate surface area is 126 Å². The Bertz CT molecular complexity index is 464. The van der Waals surface area contributed by atoms with Gasteiger partial charge in [0, 0.05) is 38.1 Å². The second-order valence-corrected chi connectivity index (χ2v) is 5.87. The second-order valence-electron chi connectivity index (χ2n) is 5.87. The number of hydrogen-bond acceptors (Lipinski definition) is 4. The van der Waals surface area contributed by atoms with Crippen LogP contribution in [-0.2, 0) is 11.3 Å². The molecule has 1 aliphatic rings. The summed E-state index contributed by atoms with van der Waals surface area (Å²) in [5.41, 5.74) is 0. The molecule has 1 amide bonds. The maximum atomic E-state index is 12.3. The maximum Gasteiger partial charge on any atom is 0.225 e. The van der Waals surface area contributed by atoms with Crippen molar-refractivity contribution in [2.45, 2.75) is 44.9 Å². The van der Waals surface area contributed by atoms with Gasteiger partial charge in [0.05, 0.1) is 6.42 Å². The van der Waals surface area contributed by atoms with Crippen LogP contribution in [0.25, 0.3) is 0 Å². The summed E-state index contributed by atoms with van der Waals surface area (Å²) in [5, 5.41) is 10.2. The van der Waals surface area contributed by atoms with Gasteiger partial charge in [-0.15, -0.1) is 0 Å². The first-order chi connectivity index (χ1) is 10.0. The van der Waals surface area contributed by atoms with Crippen LogP contribution >= 0.6 is 0 Å². The first-order valence-corrected chi connectivity index (χ1v) is 7.66. The fourth-order valence-corrected chi connectivity index (χ4v) is 2.90. The molecule has 0 spiro atoms. The second kappa shape index (κ2) is 7.04. The van der Waals surface area contributed by atoms with Gasteiger partial charge in [-0.05, 0) is 33.9 Å². The van der Waals surface area contributed by atoms with Crippen molar-refractivity contribution in [2.75, 3.05) is 27.2 Å². The molecule has 2 rings (SSSR count). The Kier molecular flexibility index (Phi) is 5.36. The van der Waals surface area contributed by atoms with E-state index in [1.807, 2.05) is 22.6 Å². The minimum Gasteiger partial charge on any atom is -0.385 e. The molecule has 6 heteroatoms. The van der Waals surface area contributed by atoms with Crippen molar-refractivity contribution in [2.24, 2.45) is 0 Å². The van der Waals surface area contributed by atoms with Gasteiger partial charge in [0.25, 0.3) is 0 Å². The van der Waals surface area contributed by atoms with E-state index in [1.165, 1.54) is 0 Å². The number of piperidine rings is 1. The van der Waals surface area contributed by atoms with E-state index in [4.69, 9.17) is 0 Å². The van der Waals surface area contributed by atoms with Gasteiger partial charge in [-0.2, -0.15) is 0 Å². The molecule has 2 heterocycles. The lowest BCUT2D eigenvalue weighted by molar-refractivity contribution is -0.135. The molecule has 1 atom stereocenters. The molecule has 6 nitrogen and oxygen atoms in total. The Morgan fingerprint density at radius 3 is 2.71 bits per heavy atom. The van der Waals surface area contributed by atoms with Crippen molar-refractivity contribution in [3.63, 3.8) is 0 Å². The maximum absolute atomic E-state index is 12.3. The highest BCUT2D eigenvalue weighted by Crippen LogP contribution is 2.19. The summed E-state index contributed by atoms with van der Waals surface area (Å²) in [5.74, 6) is 0.597. The van der Waals surface area contributed by atoms with Crippen molar-refractivity contribution < 1.29 is 9.90 Å². The number of aryl methyl sites for hydroxylation is 1. The molecule has 118 valence electrons. The average molecular weight is 294 g/mol. The lowest BCUT2D eigenvalue weighted by atomic mass is 10.0. The molecule has 0 aliphatic carbocycles. The van der Waals surface area contributed by atoms with E-state index in [1.54, 1.807) is 6.20 Å². The van der Waals surface area contributed by atoms with Crippen LogP contribution in [0.15, 0.2) is 12.4 Å². The van der Waals surface area contributed by atoms with Crippen LogP contribution in [0.2, 0.25) is 0 Å². The number of aromatic nitrogens is 2. The SMILES string of the molecule is CCn1ccnc1[C@@H](O)CC(=O)N1CCC(N(C)C)CC1. The Morgan fingerprint density at radius 2 is 2.14 bits per heavy atom. The quantitative estimate of drug-likeness (QED) is 0.876. The fourth-order valence-electron chi connectivity index (χ4n) is 2.90. The van der Waals surface area contributed by atoms with Gasteiger partial charge >= 0.3 is 0 Å². The van der Waals surface area contributed by atoms with E-state index in [2.05, 4.69) is 24.0 Å². The predicted octanol–water partition coefficient (Wildman–Crippen LogP) is 0.879. The normalized spacial score (nSPS) is 18.2. The third-order valence-electron chi connectivity index (χ3n) is 4.30. The van der Waals surface area contributed by atoms with E-state index in [0.717, 1.165) is 32.5 Å². The van der Waals surface area contributed by atoms with Crippen molar-refractivity contribution in [3.05, 3.63) is 18.2 Å². The largest absolute Gasteiger partial charge is 0.385 e. The Balaban J connectivity index is 1.87. The lowest BCUT2D eigenvalue weighted by Crippen LogP contribution is -2.44. The van der Waals surface area contributed by atoms with Crippen LogP contribution in [0.1, 0.15) is 38.1 Å². The summed E-state index contributed by atoms with van der Waals surface area (Å²) in [4.78, 5) is 20.5. The number of aliphatic hydroxyl groups is 1. The zero-order chi connectivity index (χ0) is 15.4. The molecule has 0 bridgehead atoms. The topological polar surface area (TPSA) is 61.6 Å². The smallest absolute Gasteiger partial charge is 0.225 e. The van der Waals surface area contributed by atoms with Gasteiger partial charge in [-0.1, -0.05) is 0 Å². The molecule has 0 radical (unpaired) electrons. The molecule has 1 saturated heterocycles. The van der Waals surface area contributed by atoms with Gasteiger partial charge in [0.1, 0.15) is 11.9 Å². The lowest BCUT2D eigenvalue weighted by Gasteiger charge is -2.35. The number of rotatable bonds is 5. The molecule has 1 aromatic heterocycles. The third-order valence-corrected chi connectivity index (χ3v) is 4.30. The molecule has 21 heavy (non-hydrogen) atoms. The predicted molar refractivity (Wildman–Crippen MR) is 80.8 cm³/mol. The summed E-state index contributed by atoms with van der Waals surface area (Å²) < 4.78 is 1.87. The highest BCUT2D eigenvalue weighted by molar-refractivity contribution is 5.76. The minimum atomic E-state index is -0.820. The number of amides is 1. The van der Waals surface area contributed by atoms with Crippen LogP contribution in [0.4, 0.5) is 0 Å². The number of hydrogen-bond donors (Lipinski definition) is 1. The summed E-state index contributed by atoms with van der Waals surface area (Å²) in [6.07, 6.45) is 4.78. The molecule has 0 saturated carbocycles. The number of likely N-dealkylation sites (tertiary alicyclic amines) is 1. The van der Waals surface area contributed by atoms with Crippen LogP contribution in [0.3, 0.4) is 0 Å². The van der Waals surface area contributed by atoms with E-state index >= 15 is 0 Å². The van der Waals surface area contributed by atoms with Gasteiger partial charge < -0.3 is 19.5 Å². The van der Waals surface area contributed by atoms with Gasteiger partial charge in [-0.3, -0.25) is 4.79 Å². The van der Waals surface area contributed by atoms with Gasteiger partial charge in [-0.25, -0.2) is 4.98 Å². The molecular formula is C15H26N4O2. The number of aliphatic hydroxyl groups excluding tert-OH is 1. The summed E-state index contributed by atoms with van der Waals surface area (Å²) in [7, 11) is 4.16. The molecule has 1 aromatic rings. The van der Waals surface area contributed by atoms with Crippen LogP contribution < -0.4 is 0 Å². The molecule has 1 aliphatic heterocycles. The number of carbonyl (C=O) groups is 1. The highest BCUT2D eigenvalue weighted by Gasteiger charge is 2.26. The number of nitrogens with zero attached hydrogens (tertiary/aromatic N) is 4.